The van der Waals surface area contributed by atoms with Crippen LogP contribution in [0.4, 0.5) is 4.79 Å². The number of amides is 2. The van der Waals surface area contributed by atoms with Crippen LogP contribution >= 0.6 is 23.5 Å². The van der Waals surface area contributed by atoms with Crippen molar-refractivity contribution in [3.05, 3.63) is 11.6 Å². The van der Waals surface area contributed by atoms with Crippen molar-refractivity contribution in [2.45, 2.75) is 39.5 Å². The highest BCUT2D eigenvalue weighted by molar-refractivity contribution is 7.97. The molecular weight excluding hydrogens is 256 g/mol. The number of urea groups is 1. The standard InChI is InChI=1S/C12H23ClN2OS/c1-4-6-8-15(10-11(3)13)12(16)14-17-9-7-5-2/h3-10H2,1-2H3,(H,14,16). The molecule has 0 aliphatic rings. The Labute approximate surface area is 114 Å². The van der Waals surface area contributed by atoms with Gasteiger partial charge in [0.15, 0.2) is 0 Å². The molecular formula is C12H23ClN2OS. The maximum absolute atomic E-state index is 11.8. The van der Waals surface area contributed by atoms with Crippen molar-refractivity contribution in [3.63, 3.8) is 0 Å². The van der Waals surface area contributed by atoms with E-state index in [1.54, 1.807) is 4.90 Å². The molecule has 2 amide bonds. The maximum atomic E-state index is 11.8. The van der Waals surface area contributed by atoms with Gasteiger partial charge in [-0.1, -0.05) is 44.9 Å². The molecule has 0 saturated heterocycles. The van der Waals surface area contributed by atoms with Crippen molar-refractivity contribution in [2.24, 2.45) is 0 Å². The second-order valence-electron chi connectivity index (χ2n) is 3.90. The van der Waals surface area contributed by atoms with Gasteiger partial charge in [0.05, 0.1) is 6.54 Å². The van der Waals surface area contributed by atoms with Crippen LogP contribution in [0.15, 0.2) is 11.6 Å². The quantitative estimate of drug-likeness (QED) is 0.511. The van der Waals surface area contributed by atoms with Gasteiger partial charge in [0, 0.05) is 17.3 Å². The average Bonchev–Trinajstić information content (AvgIpc) is 2.29. The highest BCUT2D eigenvalue weighted by atomic mass is 35.5. The van der Waals surface area contributed by atoms with Gasteiger partial charge in [-0.2, -0.15) is 0 Å². The molecule has 0 rings (SSSR count). The molecule has 3 nitrogen and oxygen atoms in total. The fourth-order valence-electron chi connectivity index (χ4n) is 1.20. The zero-order valence-electron chi connectivity index (χ0n) is 10.8. The summed E-state index contributed by atoms with van der Waals surface area (Å²) in [6.45, 7) is 9.01. The van der Waals surface area contributed by atoms with Gasteiger partial charge in [-0.25, -0.2) is 4.79 Å². The Kier molecular flexibility index (Phi) is 10.6. The van der Waals surface area contributed by atoms with Crippen molar-refractivity contribution < 1.29 is 4.79 Å². The monoisotopic (exact) mass is 278 g/mol. The minimum Gasteiger partial charge on any atom is -0.319 e. The Morgan fingerprint density at radius 3 is 2.53 bits per heavy atom. The van der Waals surface area contributed by atoms with Crippen LogP contribution in [0.3, 0.4) is 0 Å². The zero-order valence-corrected chi connectivity index (χ0v) is 12.4. The number of hydrogen-bond acceptors (Lipinski definition) is 2. The molecule has 0 aromatic rings. The molecule has 0 unspecified atom stereocenters. The Morgan fingerprint density at radius 1 is 1.35 bits per heavy atom. The normalized spacial score (nSPS) is 10.1. The zero-order chi connectivity index (χ0) is 13.1. The van der Waals surface area contributed by atoms with E-state index in [1.165, 1.54) is 11.9 Å². The summed E-state index contributed by atoms with van der Waals surface area (Å²) in [5.41, 5.74) is 0. The third-order valence-corrected chi connectivity index (χ3v) is 3.12. The molecule has 1 N–H and O–H groups in total. The summed E-state index contributed by atoms with van der Waals surface area (Å²) in [6.07, 6.45) is 4.29. The van der Waals surface area contributed by atoms with E-state index < -0.39 is 0 Å². The van der Waals surface area contributed by atoms with E-state index in [2.05, 4.69) is 25.1 Å². The third kappa shape index (κ3) is 9.36. The van der Waals surface area contributed by atoms with Crippen molar-refractivity contribution in [1.29, 1.82) is 0 Å². The van der Waals surface area contributed by atoms with E-state index in [4.69, 9.17) is 11.6 Å². The summed E-state index contributed by atoms with van der Waals surface area (Å²) < 4.78 is 2.84. The largest absolute Gasteiger partial charge is 0.327 e. The predicted octanol–water partition coefficient (Wildman–Crippen LogP) is 4.00. The third-order valence-electron chi connectivity index (χ3n) is 2.19. The summed E-state index contributed by atoms with van der Waals surface area (Å²) in [6, 6.07) is -0.0682. The van der Waals surface area contributed by atoms with Gasteiger partial charge in [0.25, 0.3) is 0 Å². The van der Waals surface area contributed by atoms with E-state index in [-0.39, 0.29) is 6.03 Å². The molecule has 0 bridgehead atoms. The van der Waals surface area contributed by atoms with Crippen LogP contribution in [-0.4, -0.2) is 29.8 Å². The van der Waals surface area contributed by atoms with Crippen LogP contribution in [0, 0.1) is 0 Å². The Bertz CT molecular complexity index is 237. The number of nitrogens with zero attached hydrogens (tertiary/aromatic N) is 1. The molecule has 0 aliphatic carbocycles. The Morgan fingerprint density at radius 2 is 2.00 bits per heavy atom. The molecule has 0 aromatic carbocycles. The number of rotatable bonds is 9. The number of halogens is 1. The number of hydrogen-bond donors (Lipinski definition) is 1. The van der Waals surface area contributed by atoms with Gasteiger partial charge in [-0.05, 0) is 24.8 Å². The smallest absolute Gasteiger partial charge is 0.319 e. The lowest BCUT2D eigenvalue weighted by atomic mass is 10.3. The van der Waals surface area contributed by atoms with Gasteiger partial charge in [0.1, 0.15) is 0 Å². The summed E-state index contributed by atoms with van der Waals surface area (Å²) in [5.74, 6) is 0.950. The molecule has 0 spiro atoms. The molecule has 0 aromatic heterocycles. The molecule has 0 aliphatic heterocycles. The number of carbonyl (C=O) groups excluding carboxylic acids is 1. The SMILES string of the molecule is C=C(Cl)CN(CCCC)C(=O)NSCCCC. The highest BCUT2D eigenvalue weighted by Crippen LogP contribution is 2.06. The fourth-order valence-corrected chi connectivity index (χ4v) is 2.13. The Hall–Kier alpha value is -0.350. The van der Waals surface area contributed by atoms with E-state index >= 15 is 0 Å². The summed E-state index contributed by atoms with van der Waals surface area (Å²) in [5, 5.41) is 0.495. The lowest BCUT2D eigenvalue weighted by Gasteiger charge is -2.22. The number of unbranched alkanes of at least 4 members (excludes halogenated alkanes) is 2. The van der Waals surface area contributed by atoms with E-state index in [0.717, 1.165) is 38.0 Å². The van der Waals surface area contributed by atoms with Crippen molar-refractivity contribution >= 4 is 29.6 Å². The molecule has 0 saturated carbocycles. The van der Waals surface area contributed by atoms with Crippen LogP contribution in [0.2, 0.25) is 0 Å². The molecule has 0 atom stereocenters. The minimum atomic E-state index is -0.0682. The second kappa shape index (κ2) is 10.8. The molecule has 5 heteroatoms. The van der Waals surface area contributed by atoms with Gasteiger partial charge in [-0.3, -0.25) is 4.72 Å². The first-order valence-corrected chi connectivity index (χ1v) is 7.48. The van der Waals surface area contributed by atoms with Gasteiger partial charge < -0.3 is 4.90 Å². The average molecular weight is 279 g/mol. The first kappa shape index (κ1) is 16.6. The molecule has 0 fully saturated rings. The lowest BCUT2D eigenvalue weighted by Crippen LogP contribution is -2.38. The van der Waals surface area contributed by atoms with Gasteiger partial charge >= 0.3 is 6.03 Å². The molecule has 0 radical (unpaired) electrons. The molecule has 0 heterocycles. The molecule has 100 valence electrons. The van der Waals surface area contributed by atoms with Gasteiger partial charge in [0.2, 0.25) is 0 Å². The van der Waals surface area contributed by atoms with E-state index in [1.807, 2.05) is 0 Å². The van der Waals surface area contributed by atoms with Crippen molar-refractivity contribution in [2.75, 3.05) is 18.8 Å². The lowest BCUT2D eigenvalue weighted by molar-refractivity contribution is 0.209. The van der Waals surface area contributed by atoms with Crippen molar-refractivity contribution in [3.8, 4) is 0 Å². The Balaban J connectivity index is 3.98. The van der Waals surface area contributed by atoms with E-state index in [9.17, 15) is 4.79 Å². The van der Waals surface area contributed by atoms with Crippen molar-refractivity contribution in [1.82, 2.24) is 9.62 Å². The predicted molar refractivity (Wildman–Crippen MR) is 77.4 cm³/mol. The number of nitrogens with one attached hydrogen (secondary N) is 1. The van der Waals surface area contributed by atoms with Crippen LogP contribution in [0.1, 0.15) is 39.5 Å². The second-order valence-corrected chi connectivity index (χ2v) is 5.34. The van der Waals surface area contributed by atoms with Crippen LogP contribution in [0.5, 0.6) is 0 Å². The maximum Gasteiger partial charge on any atom is 0.327 e. The minimum absolute atomic E-state index is 0.0682. The molecule has 17 heavy (non-hydrogen) atoms. The summed E-state index contributed by atoms with van der Waals surface area (Å²) in [7, 11) is 0. The van der Waals surface area contributed by atoms with Crippen LogP contribution in [0.25, 0.3) is 0 Å². The van der Waals surface area contributed by atoms with Gasteiger partial charge in [-0.15, -0.1) is 0 Å². The highest BCUT2D eigenvalue weighted by Gasteiger charge is 2.12. The first-order chi connectivity index (χ1) is 8.11. The van der Waals surface area contributed by atoms with Crippen LogP contribution < -0.4 is 4.72 Å². The topological polar surface area (TPSA) is 32.3 Å². The van der Waals surface area contributed by atoms with Crippen LogP contribution in [-0.2, 0) is 0 Å². The van der Waals surface area contributed by atoms with E-state index in [0.29, 0.717) is 11.6 Å². The number of carbonyl (C=O) groups is 1. The summed E-state index contributed by atoms with van der Waals surface area (Å²) >= 11 is 7.22. The fraction of sp³-hybridized carbons (Fsp3) is 0.750. The first-order valence-electron chi connectivity index (χ1n) is 6.11. The summed E-state index contributed by atoms with van der Waals surface area (Å²) in [4.78, 5) is 13.5.